The van der Waals surface area contributed by atoms with Crippen LogP contribution in [0.2, 0.25) is 5.02 Å². The molecule has 0 spiro atoms. The largest absolute Gasteiger partial charge is 0.392 e. The number of rotatable bonds is 5. The fourth-order valence-corrected chi connectivity index (χ4v) is 3.28. The number of aliphatic hydroxyl groups excluding tert-OH is 1. The van der Waals surface area contributed by atoms with Crippen LogP contribution in [-0.4, -0.2) is 32.3 Å². The number of nitrogens with zero attached hydrogens (tertiary/aromatic N) is 3. The predicted molar refractivity (Wildman–Crippen MR) is 109 cm³/mol. The van der Waals surface area contributed by atoms with Crippen molar-refractivity contribution in [1.82, 2.24) is 14.5 Å². The van der Waals surface area contributed by atoms with Crippen LogP contribution in [-0.2, 0) is 0 Å². The summed E-state index contributed by atoms with van der Waals surface area (Å²) in [5.41, 5.74) is 3.78. The molecular weight excluding hydrogens is 360 g/mol. The zero-order valence-electron chi connectivity index (χ0n) is 14.8. The lowest BCUT2D eigenvalue weighted by molar-refractivity contribution is 0.208. The van der Waals surface area contributed by atoms with Crippen molar-refractivity contribution < 1.29 is 5.11 Å². The zero-order chi connectivity index (χ0) is 18.8. The van der Waals surface area contributed by atoms with E-state index in [2.05, 4.69) is 27.4 Å². The van der Waals surface area contributed by atoms with Crippen molar-refractivity contribution in [3.05, 3.63) is 72.1 Å². The molecule has 2 heterocycles. The third kappa shape index (κ3) is 3.52. The molecule has 136 valence electrons. The van der Waals surface area contributed by atoms with Crippen LogP contribution in [0.1, 0.15) is 6.92 Å². The van der Waals surface area contributed by atoms with E-state index < -0.39 is 6.10 Å². The van der Waals surface area contributed by atoms with Gasteiger partial charge in [-0.3, -0.25) is 0 Å². The molecule has 0 saturated carbocycles. The molecule has 2 aromatic heterocycles. The van der Waals surface area contributed by atoms with Gasteiger partial charge in [0, 0.05) is 29.0 Å². The van der Waals surface area contributed by atoms with E-state index in [0.717, 1.165) is 27.8 Å². The summed E-state index contributed by atoms with van der Waals surface area (Å²) < 4.78 is 2.01. The van der Waals surface area contributed by atoms with E-state index in [1.807, 2.05) is 53.2 Å². The molecule has 0 amide bonds. The maximum absolute atomic E-state index is 9.66. The number of aromatic nitrogens is 3. The first-order valence-corrected chi connectivity index (χ1v) is 9.10. The molecule has 4 rings (SSSR count). The maximum Gasteiger partial charge on any atom is 0.150 e. The molecule has 1 atom stereocenters. The van der Waals surface area contributed by atoms with Gasteiger partial charge in [-0.1, -0.05) is 48.0 Å². The summed E-state index contributed by atoms with van der Waals surface area (Å²) in [4.78, 5) is 8.94. The Morgan fingerprint density at radius 3 is 2.67 bits per heavy atom. The quantitative estimate of drug-likeness (QED) is 0.535. The van der Waals surface area contributed by atoms with Crippen molar-refractivity contribution in [3.8, 4) is 16.8 Å². The molecule has 0 radical (unpaired) electrons. The molecule has 27 heavy (non-hydrogen) atoms. The summed E-state index contributed by atoms with van der Waals surface area (Å²) in [6.07, 6.45) is 3.10. The Morgan fingerprint density at radius 2 is 1.93 bits per heavy atom. The Labute approximate surface area is 162 Å². The zero-order valence-corrected chi connectivity index (χ0v) is 15.6. The molecule has 2 aromatic carbocycles. The molecule has 0 aliphatic rings. The molecule has 2 N–H and O–H groups in total. The number of anilines is 1. The van der Waals surface area contributed by atoms with Crippen LogP contribution in [0, 0.1) is 0 Å². The van der Waals surface area contributed by atoms with Crippen LogP contribution in [0.5, 0.6) is 0 Å². The fraction of sp³-hybridized carbons (Fsp3) is 0.143. The smallest absolute Gasteiger partial charge is 0.150 e. The molecule has 6 heteroatoms. The van der Waals surface area contributed by atoms with Gasteiger partial charge in [-0.25, -0.2) is 9.97 Å². The molecule has 0 saturated heterocycles. The van der Waals surface area contributed by atoms with Gasteiger partial charge in [0.2, 0.25) is 0 Å². The van der Waals surface area contributed by atoms with E-state index in [4.69, 9.17) is 11.6 Å². The highest BCUT2D eigenvalue weighted by Gasteiger charge is 2.17. The number of fused-ring (bicyclic) bond motifs is 1. The second-order valence-corrected chi connectivity index (χ2v) is 6.85. The third-order valence-corrected chi connectivity index (χ3v) is 4.55. The van der Waals surface area contributed by atoms with Crippen LogP contribution in [0.4, 0.5) is 5.82 Å². The van der Waals surface area contributed by atoms with E-state index in [9.17, 15) is 5.11 Å². The molecule has 0 aliphatic heterocycles. The number of nitrogens with one attached hydrogen (secondary N) is 1. The number of aliphatic hydroxyl groups is 1. The van der Waals surface area contributed by atoms with E-state index in [1.165, 1.54) is 6.33 Å². The van der Waals surface area contributed by atoms with Crippen molar-refractivity contribution in [2.75, 3.05) is 11.9 Å². The lowest BCUT2D eigenvalue weighted by Crippen LogP contribution is -2.16. The van der Waals surface area contributed by atoms with E-state index >= 15 is 0 Å². The Balaban J connectivity index is 1.97. The van der Waals surface area contributed by atoms with Crippen LogP contribution < -0.4 is 5.32 Å². The van der Waals surface area contributed by atoms with Gasteiger partial charge in [-0.15, -0.1) is 0 Å². The minimum atomic E-state index is -0.481. The summed E-state index contributed by atoms with van der Waals surface area (Å²) in [5, 5.41) is 14.5. The van der Waals surface area contributed by atoms with Gasteiger partial charge in [-0.2, -0.15) is 0 Å². The van der Waals surface area contributed by atoms with Crippen LogP contribution in [0.25, 0.3) is 27.8 Å². The minimum Gasteiger partial charge on any atom is -0.392 e. The van der Waals surface area contributed by atoms with Crippen molar-refractivity contribution in [2.45, 2.75) is 13.0 Å². The summed E-state index contributed by atoms with van der Waals surface area (Å²) in [6.45, 7) is 2.14. The Morgan fingerprint density at radius 1 is 1.11 bits per heavy atom. The normalized spacial score (nSPS) is 12.3. The first-order chi connectivity index (χ1) is 13.1. The minimum absolute atomic E-state index is 0.405. The van der Waals surface area contributed by atoms with E-state index in [0.29, 0.717) is 17.4 Å². The SMILES string of the molecule is C[C@@H](O)CNc1ncnc2c1c(-c1ccccc1)cn2-c1cccc(Cl)c1. The second kappa shape index (κ2) is 7.39. The number of benzene rings is 2. The van der Waals surface area contributed by atoms with Gasteiger partial charge in [0.1, 0.15) is 12.1 Å². The monoisotopic (exact) mass is 378 g/mol. The van der Waals surface area contributed by atoms with Gasteiger partial charge in [0.05, 0.1) is 11.5 Å². The Hall–Kier alpha value is -2.89. The van der Waals surface area contributed by atoms with Crippen LogP contribution >= 0.6 is 11.6 Å². The van der Waals surface area contributed by atoms with Crippen molar-refractivity contribution in [1.29, 1.82) is 0 Å². The van der Waals surface area contributed by atoms with Gasteiger partial charge in [0.15, 0.2) is 5.65 Å². The number of halogens is 1. The van der Waals surface area contributed by atoms with Crippen molar-refractivity contribution in [2.24, 2.45) is 0 Å². The average molecular weight is 379 g/mol. The highest BCUT2D eigenvalue weighted by molar-refractivity contribution is 6.30. The summed E-state index contributed by atoms with van der Waals surface area (Å²) >= 11 is 6.20. The third-order valence-electron chi connectivity index (χ3n) is 4.32. The Bertz CT molecular complexity index is 1080. The van der Waals surface area contributed by atoms with Gasteiger partial charge in [-0.05, 0) is 30.7 Å². The Kier molecular flexibility index (Phi) is 4.79. The van der Waals surface area contributed by atoms with E-state index in [1.54, 1.807) is 6.92 Å². The van der Waals surface area contributed by atoms with Crippen LogP contribution in [0.15, 0.2) is 67.1 Å². The fourth-order valence-electron chi connectivity index (χ4n) is 3.10. The number of hydrogen-bond acceptors (Lipinski definition) is 4. The van der Waals surface area contributed by atoms with Crippen molar-refractivity contribution in [3.63, 3.8) is 0 Å². The molecule has 0 fully saturated rings. The highest BCUT2D eigenvalue weighted by atomic mass is 35.5. The maximum atomic E-state index is 9.66. The molecule has 0 bridgehead atoms. The first-order valence-electron chi connectivity index (χ1n) is 8.73. The first kappa shape index (κ1) is 17.5. The highest BCUT2D eigenvalue weighted by Crippen LogP contribution is 2.35. The van der Waals surface area contributed by atoms with Crippen molar-refractivity contribution >= 4 is 28.5 Å². The molecular formula is C21H19ClN4O. The summed E-state index contributed by atoms with van der Waals surface area (Å²) in [5.74, 6) is 0.695. The molecule has 0 unspecified atom stereocenters. The van der Waals surface area contributed by atoms with Gasteiger partial charge < -0.3 is 15.0 Å². The standard InChI is InChI=1S/C21H19ClN4O/c1-14(27)11-23-20-19-18(15-6-3-2-4-7-15)12-26(21(19)25-13-24-20)17-9-5-8-16(22)10-17/h2-10,12-14,27H,11H2,1H3,(H,23,24,25)/t14-/m1/s1. The second-order valence-electron chi connectivity index (χ2n) is 6.41. The topological polar surface area (TPSA) is 63.0 Å². The molecule has 4 aromatic rings. The van der Waals surface area contributed by atoms with Gasteiger partial charge in [0.25, 0.3) is 0 Å². The van der Waals surface area contributed by atoms with E-state index in [-0.39, 0.29) is 0 Å². The number of hydrogen-bond donors (Lipinski definition) is 2. The molecule has 0 aliphatic carbocycles. The molecule has 5 nitrogen and oxygen atoms in total. The lowest BCUT2D eigenvalue weighted by Gasteiger charge is -2.10. The van der Waals surface area contributed by atoms with Gasteiger partial charge >= 0.3 is 0 Å². The summed E-state index contributed by atoms with van der Waals surface area (Å²) in [6, 6.07) is 17.8. The average Bonchev–Trinajstić information content (AvgIpc) is 3.07. The predicted octanol–water partition coefficient (Wildman–Crippen LogP) is 4.53. The summed E-state index contributed by atoms with van der Waals surface area (Å²) in [7, 11) is 0. The van der Waals surface area contributed by atoms with Crippen LogP contribution in [0.3, 0.4) is 0 Å². The lowest BCUT2D eigenvalue weighted by atomic mass is 10.1.